The molecule has 1 aliphatic heterocycles. The molecule has 1 amide bonds. The molecule has 1 aliphatic rings. The van der Waals surface area contributed by atoms with Gasteiger partial charge in [-0.15, -0.1) is 0 Å². The summed E-state index contributed by atoms with van der Waals surface area (Å²) in [5, 5.41) is 0.755. The minimum absolute atomic E-state index is 0.0262. The van der Waals surface area contributed by atoms with Gasteiger partial charge in [-0.1, -0.05) is 52.8 Å². The third kappa shape index (κ3) is 3.43. The van der Waals surface area contributed by atoms with Crippen molar-refractivity contribution >= 4 is 63.1 Å². The van der Waals surface area contributed by atoms with Crippen molar-refractivity contribution in [3.63, 3.8) is 0 Å². The number of thiocarbonyl (C=S) groups is 1. The summed E-state index contributed by atoms with van der Waals surface area (Å²) < 4.78 is 6.03. The Labute approximate surface area is 149 Å². The van der Waals surface area contributed by atoms with Crippen LogP contribution in [0.3, 0.4) is 0 Å². The predicted molar refractivity (Wildman–Crippen MR) is 98.3 cm³/mol. The minimum Gasteiger partial charge on any atom is -0.489 e. The molecule has 0 radical (unpaired) electrons. The third-order valence-electron chi connectivity index (χ3n) is 2.83. The first-order valence-electron chi connectivity index (χ1n) is 6.61. The second kappa shape index (κ2) is 6.79. The highest BCUT2D eigenvalue weighted by molar-refractivity contribution is 8.27. The first kappa shape index (κ1) is 17.6. The SMILES string of the molecule is CC(C)=C1SC(=S)N(c2cc(Cl)c(OC(C)C)cc2Cl)C1=O. The molecule has 0 spiro atoms. The van der Waals surface area contributed by atoms with Crippen molar-refractivity contribution < 1.29 is 9.53 Å². The Hall–Kier alpha value is -0.750. The summed E-state index contributed by atoms with van der Waals surface area (Å²) in [7, 11) is 0. The molecule has 2 rings (SSSR count). The molecular formula is C15H15Cl2NO2S2. The summed E-state index contributed by atoms with van der Waals surface area (Å²) in [6.07, 6.45) is -0.0262. The van der Waals surface area contributed by atoms with Gasteiger partial charge in [-0.2, -0.15) is 0 Å². The van der Waals surface area contributed by atoms with Crippen LogP contribution in [0.1, 0.15) is 27.7 Å². The van der Waals surface area contributed by atoms with Crippen LogP contribution >= 0.6 is 47.2 Å². The van der Waals surface area contributed by atoms with E-state index in [1.54, 1.807) is 12.1 Å². The maximum Gasteiger partial charge on any atom is 0.270 e. The zero-order valence-electron chi connectivity index (χ0n) is 12.6. The Bertz CT molecular complexity index is 682. The number of hydrogen-bond donors (Lipinski definition) is 0. The second-order valence-electron chi connectivity index (χ2n) is 5.24. The van der Waals surface area contributed by atoms with E-state index in [1.165, 1.54) is 16.7 Å². The zero-order chi connectivity index (χ0) is 16.6. The van der Waals surface area contributed by atoms with Crippen LogP contribution in [0.25, 0.3) is 0 Å². The van der Waals surface area contributed by atoms with Crippen molar-refractivity contribution in [3.8, 4) is 5.75 Å². The lowest BCUT2D eigenvalue weighted by Crippen LogP contribution is -2.28. The number of nitrogens with zero attached hydrogens (tertiary/aromatic N) is 1. The number of ether oxygens (including phenoxy) is 1. The average Bonchev–Trinajstić information content (AvgIpc) is 2.69. The van der Waals surface area contributed by atoms with E-state index in [-0.39, 0.29) is 12.0 Å². The maximum absolute atomic E-state index is 12.5. The molecule has 3 nitrogen and oxygen atoms in total. The molecule has 1 aromatic carbocycles. The summed E-state index contributed by atoms with van der Waals surface area (Å²) in [6.45, 7) is 7.55. The third-order valence-corrected chi connectivity index (χ3v) is 5.00. The summed E-state index contributed by atoms with van der Waals surface area (Å²) in [6, 6.07) is 3.22. The molecule has 1 fully saturated rings. The van der Waals surface area contributed by atoms with Gasteiger partial charge in [0.2, 0.25) is 0 Å². The molecule has 118 valence electrons. The fourth-order valence-electron chi connectivity index (χ4n) is 1.92. The molecule has 0 atom stereocenters. The number of benzene rings is 1. The van der Waals surface area contributed by atoms with Gasteiger partial charge < -0.3 is 4.74 Å². The summed E-state index contributed by atoms with van der Waals surface area (Å²) in [5.41, 5.74) is 1.39. The molecule has 0 unspecified atom stereocenters. The highest BCUT2D eigenvalue weighted by Crippen LogP contribution is 2.42. The molecule has 0 aliphatic carbocycles. The monoisotopic (exact) mass is 375 g/mol. The van der Waals surface area contributed by atoms with Gasteiger partial charge in [0.1, 0.15) is 5.75 Å². The van der Waals surface area contributed by atoms with Gasteiger partial charge in [-0.3, -0.25) is 9.69 Å². The Balaban J connectivity index is 2.46. The molecule has 1 saturated heterocycles. The van der Waals surface area contributed by atoms with Crippen LogP contribution < -0.4 is 9.64 Å². The van der Waals surface area contributed by atoms with Gasteiger partial charge in [-0.05, 0) is 33.8 Å². The Morgan fingerprint density at radius 1 is 1.27 bits per heavy atom. The molecule has 7 heteroatoms. The van der Waals surface area contributed by atoms with Crippen molar-refractivity contribution in [1.82, 2.24) is 0 Å². The quantitative estimate of drug-likeness (QED) is 0.519. The standard InChI is InChI=1S/C15H15Cl2NO2S2/c1-7(2)13-14(19)18(15(21)22-13)11-5-10(17)12(6-9(11)16)20-8(3)4/h5-6,8H,1-4H3. The first-order valence-corrected chi connectivity index (χ1v) is 8.60. The molecule has 22 heavy (non-hydrogen) atoms. The maximum atomic E-state index is 12.5. The van der Waals surface area contributed by atoms with E-state index < -0.39 is 0 Å². The van der Waals surface area contributed by atoms with Gasteiger partial charge in [0, 0.05) is 6.07 Å². The van der Waals surface area contributed by atoms with Crippen molar-refractivity contribution in [2.45, 2.75) is 33.8 Å². The fraction of sp³-hybridized carbons (Fsp3) is 0.333. The van der Waals surface area contributed by atoms with Crippen LogP contribution in [0.2, 0.25) is 10.0 Å². The van der Waals surface area contributed by atoms with Crippen LogP contribution in [0, 0.1) is 0 Å². The van der Waals surface area contributed by atoms with Crippen molar-refractivity contribution in [1.29, 1.82) is 0 Å². The number of allylic oxidation sites excluding steroid dienone is 1. The fourth-order valence-corrected chi connectivity index (χ4v) is 3.62. The lowest BCUT2D eigenvalue weighted by atomic mass is 10.2. The van der Waals surface area contributed by atoms with Crippen LogP contribution in [0.15, 0.2) is 22.6 Å². The van der Waals surface area contributed by atoms with E-state index in [9.17, 15) is 4.79 Å². The summed E-state index contributed by atoms with van der Waals surface area (Å²) in [5.74, 6) is 0.309. The van der Waals surface area contributed by atoms with E-state index in [0.29, 0.717) is 30.7 Å². The Kier molecular flexibility index (Phi) is 5.43. The number of rotatable bonds is 3. The molecule has 1 heterocycles. The highest BCUT2D eigenvalue weighted by Gasteiger charge is 2.35. The van der Waals surface area contributed by atoms with E-state index in [1.807, 2.05) is 27.7 Å². The van der Waals surface area contributed by atoms with Crippen molar-refractivity contribution in [2.24, 2.45) is 0 Å². The smallest absolute Gasteiger partial charge is 0.270 e. The van der Waals surface area contributed by atoms with E-state index >= 15 is 0 Å². The van der Waals surface area contributed by atoms with Crippen LogP contribution in [0.5, 0.6) is 5.75 Å². The second-order valence-corrected chi connectivity index (χ2v) is 7.70. The van der Waals surface area contributed by atoms with E-state index in [4.69, 9.17) is 40.2 Å². The number of thioether (sulfide) groups is 1. The van der Waals surface area contributed by atoms with Gasteiger partial charge in [-0.25, -0.2) is 0 Å². The first-order chi connectivity index (χ1) is 10.2. The van der Waals surface area contributed by atoms with Gasteiger partial charge in [0.25, 0.3) is 5.91 Å². The lowest BCUT2D eigenvalue weighted by Gasteiger charge is -2.19. The number of anilines is 1. The highest BCUT2D eigenvalue weighted by atomic mass is 35.5. The normalized spacial score (nSPS) is 15.0. The topological polar surface area (TPSA) is 29.5 Å². The van der Waals surface area contributed by atoms with Gasteiger partial charge in [0.05, 0.1) is 26.7 Å². The number of halogens is 2. The van der Waals surface area contributed by atoms with Crippen molar-refractivity contribution in [2.75, 3.05) is 4.90 Å². The number of hydrogen-bond acceptors (Lipinski definition) is 4. The average molecular weight is 376 g/mol. The van der Waals surface area contributed by atoms with E-state index in [0.717, 1.165) is 5.57 Å². The molecule has 0 saturated carbocycles. The molecule has 0 aromatic heterocycles. The summed E-state index contributed by atoms with van der Waals surface area (Å²) >= 11 is 19.1. The molecule has 1 aromatic rings. The zero-order valence-corrected chi connectivity index (χ0v) is 15.7. The van der Waals surface area contributed by atoms with Gasteiger partial charge in [0.15, 0.2) is 4.32 Å². The minimum atomic E-state index is -0.175. The summed E-state index contributed by atoms with van der Waals surface area (Å²) in [4.78, 5) is 14.5. The van der Waals surface area contributed by atoms with Crippen LogP contribution in [-0.4, -0.2) is 16.3 Å². The lowest BCUT2D eigenvalue weighted by molar-refractivity contribution is -0.113. The number of amides is 1. The molecule has 0 N–H and O–H groups in total. The number of carbonyl (C=O) groups is 1. The van der Waals surface area contributed by atoms with Crippen LogP contribution in [-0.2, 0) is 4.79 Å². The van der Waals surface area contributed by atoms with Crippen LogP contribution in [0.4, 0.5) is 5.69 Å². The molecular weight excluding hydrogens is 361 g/mol. The Morgan fingerprint density at radius 3 is 2.41 bits per heavy atom. The van der Waals surface area contributed by atoms with Crippen molar-refractivity contribution in [3.05, 3.63) is 32.7 Å². The van der Waals surface area contributed by atoms with Gasteiger partial charge >= 0.3 is 0 Å². The largest absolute Gasteiger partial charge is 0.489 e. The number of carbonyl (C=O) groups excluding carboxylic acids is 1. The molecule has 0 bridgehead atoms. The van der Waals surface area contributed by atoms with E-state index in [2.05, 4.69) is 0 Å². The Morgan fingerprint density at radius 2 is 1.91 bits per heavy atom. The predicted octanol–water partition coefficient (Wildman–Crippen LogP) is 5.44.